The number of hydrogen-bond donors (Lipinski definition) is 1. The summed E-state index contributed by atoms with van der Waals surface area (Å²) in [4.78, 5) is 27.1. The summed E-state index contributed by atoms with van der Waals surface area (Å²) >= 11 is 0. The van der Waals surface area contributed by atoms with Gasteiger partial charge in [0.15, 0.2) is 0 Å². The van der Waals surface area contributed by atoms with Gasteiger partial charge in [-0.1, -0.05) is 51.1 Å². The molecule has 2 aromatic carbocycles. The third-order valence-electron chi connectivity index (χ3n) is 3.78. The van der Waals surface area contributed by atoms with E-state index in [9.17, 15) is 20.0 Å². The van der Waals surface area contributed by atoms with Crippen LogP contribution < -0.4 is 0 Å². The number of hydrogen-bond acceptors (Lipinski definition) is 5. The molecule has 25 heavy (non-hydrogen) atoms. The number of nitrogens with zero attached hydrogens (tertiary/aromatic N) is 2. The maximum Gasteiger partial charge on any atom is 0.338 e. The molecule has 0 fully saturated rings. The Labute approximate surface area is 143 Å². The van der Waals surface area contributed by atoms with Gasteiger partial charge in [-0.25, -0.2) is 9.78 Å². The fraction of sp³-hybridized carbons (Fsp3) is 0.222. The van der Waals surface area contributed by atoms with E-state index in [1.807, 2.05) is 20.8 Å². The topological polar surface area (TPSA) is 106 Å². The van der Waals surface area contributed by atoms with Crippen LogP contribution in [0.15, 0.2) is 40.8 Å². The first kappa shape index (κ1) is 16.6. The van der Waals surface area contributed by atoms with Crippen LogP contribution in [0.5, 0.6) is 0 Å². The molecule has 7 heteroatoms. The third kappa shape index (κ3) is 2.84. The van der Waals surface area contributed by atoms with Gasteiger partial charge in [0.1, 0.15) is 5.52 Å². The third-order valence-corrected chi connectivity index (χ3v) is 3.78. The molecular formula is C18H16N2O5. The summed E-state index contributed by atoms with van der Waals surface area (Å²) in [6.07, 6.45) is 0. The first-order valence-corrected chi connectivity index (χ1v) is 7.61. The molecule has 1 N–H and O–H groups in total. The van der Waals surface area contributed by atoms with Crippen molar-refractivity contribution >= 4 is 22.8 Å². The zero-order chi connectivity index (χ0) is 18.4. The minimum atomic E-state index is -1.22. The zero-order valence-electron chi connectivity index (χ0n) is 13.9. The van der Waals surface area contributed by atoms with E-state index in [1.54, 1.807) is 30.3 Å². The molecule has 0 spiro atoms. The standard InChI is InChI=1S/C18H16N2O5/c1-18(2,3)17-19-13-12(16(21)22)9-11(10-7-5-4-6-8-10)14(20(23)24)15(13)25-17/h4-9H,1-3H3,(H,21,22). The normalized spacial score (nSPS) is 11.6. The lowest BCUT2D eigenvalue weighted by Crippen LogP contribution is -2.11. The Balaban J connectivity index is 2.47. The first-order valence-electron chi connectivity index (χ1n) is 7.61. The van der Waals surface area contributed by atoms with Crippen molar-refractivity contribution in [3.05, 3.63) is 58.0 Å². The summed E-state index contributed by atoms with van der Waals surface area (Å²) in [7, 11) is 0. The van der Waals surface area contributed by atoms with E-state index in [0.717, 1.165) is 0 Å². The fourth-order valence-corrected chi connectivity index (χ4v) is 2.57. The molecule has 1 aromatic heterocycles. The molecule has 1 heterocycles. The maximum absolute atomic E-state index is 11.7. The van der Waals surface area contributed by atoms with Crippen molar-refractivity contribution in [1.29, 1.82) is 0 Å². The fourth-order valence-electron chi connectivity index (χ4n) is 2.57. The number of aromatic carboxylic acids is 1. The minimum Gasteiger partial charge on any atom is -0.478 e. The van der Waals surface area contributed by atoms with Gasteiger partial charge in [-0.2, -0.15) is 0 Å². The number of nitro benzene ring substituents is 1. The number of carboxylic acid groups (broad SMARTS) is 1. The number of nitro groups is 1. The van der Waals surface area contributed by atoms with E-state index in [2.05, 4.69) is 4.98 Å². The van der Waals surface area contributed by atoms with Crippen LogP contribution in [0.25, 0.3) is 22.2 Å². The van der Waals surface area contributed by atoms with Crippen molar-refractivity contribution in [1.82, 2.24) is 4.98 Å². The number of rotatable bonds is 3. The van der Waals surface area contributed by atoms with E-state index >= 15 is 0 Å². The number of oxazole rings is 1. The van der Waals surface area contributed by atoms with Gasteiger partial charge in [0.25, 0.3) is 0 Å². The highest BCUT2D eigenvalue weighted by Gasteiger charge is 2.31. The molecule has 0 bridgehead atoms. The van der Waals surface area contributed by atoms with Crippen molar-refractivity contribution in [3.63, 3.8) is 0 Å². The van der Waals surface area contributed by atoms with Gasteiger partial charge in [-0.05, 0) is 11.6 Å². The maximum atomic E-state index is 11.7. The van der Waals surface area contributed by atoms with Crippen molar-refractivity contribution in [2.75, 3.05) is 0 Å². The Bertz CT molecular complexity index is 984. The summed E-state index contributed by atoms with van der Waals surface area (Å²) in [6.45, 7) is 5.51. The van der Waals surface area contributed by atoms with Crippen LogP contribution in [0.1, 0.15) is 37.0 Å². The van der Waals surface area contributed by atoms with Crippen LogP contribution >= 0.6 is 0 Å². The Morgan fingerprint density at radius 1 is 1.24 bits per heavy atom. The van der Waals surface area contributed by atoms with Crippen molar-refractivity contribution < 1.29 is 19.2 Å². The van der Waals surface area contributed by atoms with E-state index in [4.69, 9.17) is 4.42 Å². The number of carboxylic acids is 1. The minimum absolute atomic E-state index is 0.0104. The number of aromatic nitrogens is 1. The summed E-state index contributed by atoms with van der Waals surface area (Å²) in [5.41, 5.74) is -0.333. The Morgan fingerprint density at radius 2 is 1.88 bits per heavy atom. The van der Waals surface area contributed by atoms with Gasteiger partial charge >= 0.3 is 11.7 Å². The SMILES string of the molecule is CC(C)(C)c1nc2c(C(=O)O)cc(-c3ccccc3)c([N+](=O)[O-])c2o1. The molecule has 0 atom stereocenters. The molecule has 3 rings (SSSR count). The molecule has 128 valence electrons. The smallest absolute Gasteiger partial charge is 0.338 e. The van der Waals surface area contributed by atoms with Gasteiger partial charge in [0.05, 0.1) is 16.1 Å². The van der Waals surface area contributed by atoms with Crippen LogP contribution in [-0.4, -0.2) is 21.0 Å². The first-order chi connectivity index (χ1) is 11.7. The molecule has 7 nitrogen and oxygen atoms in total. The van der Waals surface area contributed by atoms with Gasteiger partial charge in [0.2, 0.25) is 11.5 Å². The van der Waals surface area contributed by atoms with Gasteiger partial charge in [-0.15, -0.1) is 0 Å². The van der Waals surface area contributed by atoms with Crippen molar-refractivity contribution in [2.24, 2.45) is 0 Å². The summed E-state index contributed by atoms with van der Waals surface area (Å²) in [5, 5.41) is 21.3. The second-order valence-electron chi connectivity index (χ2n) is 6.70. The highest BCUT2D eigenvalue weighted by Crippen LogP contribution is 2.40. The van der Waals surface area contributed by atoms with E-state index in [-0.39, 0.29) is 33.8 Å². The predicted molar refractivity (Wildman–Crippen MR) is 91.8 cm³/mol. The highest BCUT2D eigenvalue weighted by atomic mass is 16.6. The second kappa shape index (κ2) is 5.70. The molecule has 0 unspecified atom stereocenters. The predicted octanol–water partition coefficient (Wildman–Crippen LogP) is 4.40. The van der Waals surface area contributed by atoms with Crippen molar-refractivity contribution in [2.45, 2.75) is 26.2 Å². The quantitative estimate of drug-likeness (QED) is 0.559. The molecule has 0 aliphatic carbocycles. The van der Waals surface area contributed by atoms with Gasteiger partial charge in [-0.3, -0.25) is 10.1 Å². The van der Waals surface area contributed by atoms with Gasteiger partial charge < -0.3 is 9.52 Å². The number of carbonyl (C=O) groups is 1. The lowest BCUT2D eigenvalue weighted by atomic mass is 9.97. The molecule has 0 aliphatic rings. The molecule has 0 saturated carbocycles. The molecule has 0 aliphatic heterocycles. The van der Waals surface area contributed by atoms with Crippen LogP contribution in [0.3, 0.4) is 0 Å². The zero-order valence-corrected chi connectivity index (χ0v) is 13.9. The summed E-state index contributed by atoms with van der Waals surface area (Å²) < 4.78 is 5.66. The lowest BCUT2D eigenvalue weighted by Gasteiger charge is -2.11. The number of fused-ring (bicyclic) bond motifs is 1. The largest absolute Gasteiger partial charge is 0.478 e. The second-order valence-corrected chi connectivity index (χ2v) is 6.70. The lowest BCUT2D eigenvalue weighted by molar-refractivity contribution is -0.383. The average molecular weight is 340 g/mol. The monoisotopic (exact) mass is 340 g/mol. The Kier molecular flexibility index (Phi) is 3.79. The van der Waals surface area contributed by atoms with Crippen LogP contribution in [0.4, 0.5) is 5.69 Å². The molecular weight excluding hydrogens is 324 g/mol. The average Bonchev–Trinajstić information content (AvgIpc) is 2.98. The van der Waals surface area contributed by atoms with Gasteiger partial charge in [0, 0.05) is 5.41 Å². The van der Waals surface area contributed by atoms with Crippen LogP contribution in [-0.2, 0) is 5.41 Å². The summed E-state index contributed by atoms with van der Waals surface area (Å²) in [6, 6.07) is 9.88. The van der Waals surface area contributed by atoms with E-state index in [1.165, 1.54) is 6.07 Å². The molecule has 0 saturated heterocycles. The van der Waals surface area contributed by atoms with Crippen molar-refractivity contribution in [3.8, 4) is 11.1 Å². The molecule has 0 amide bonds. The molecule has 3 aromatic rings. The van der Waals surface area contributed by atoms with E-state index < -0.39 is 16.3 Å². The van der Waals surface area contributed by atoms with Crippen LogP contribution in [0, 0.1) is 10.1 Å². The van der Waals surface area contributed by atoms with E-state index in [0.29, 0.717) is 5.56 Å². The summed E-state index contributed by atoms with van der Waals surface area (Å²) in [5.74, 6) is -0.968. The van der Waals surface area contributed by atoms with Crippen LogP contribution in [0.2, 0.25) is 0 Å². The molecule has 0 radical (unpaired) electrons. The Hall–Kier alpha value is -3.22. The Morgan fingerprint density at radius 3 is 2.40 bits per heavy atom. The number of benzene rings is 2. The highest BCUT2D eigenvalue weighted by molar-refractivity contribution is 6.06.